The molecule has 2 rings (SSSR count). The van der Waals surface area contributed by atoms with Gasteiger partial charge in [0.1, 0.15) is 5.82 Å². The van der Waals surface area contributed by atoms with Crippen molar-refractivity contribution in [2.24, 2.45) is 0 Å². The molecule has 0 spiro atoms. The molecular weight excluding hydrogens is 263 g/mol. The maximum Gasteiger partial charge on any atom is 0.196 e. The number of aryl methyl sites for hydroxylation is 3. The Morgan fingerprint density at radius 1 is 1.00 bits per heavy atom. The summed E-state index contributed by atoms with van der Waals surface area (Å²) in [5, 5.41) is 0.480. The van der Waals surface area contributed by atoms with Crippen LogP contribution in [-0.4, -0.2) is 5.78 Å². The molecule has 0 unspecified atom stereocenters. The first kappa shape index (κ1) is 13.8. The third-order valence-electron chi connectivity index (χ3n) is 2.96. The first-order valence-corrected chi connectivity index (χ1v) is 6.35. The van der Waals surface area contributed by atoms with Gasteiger partial charge in [-0.15, -0.1) is 0 Å². The Balaban J connectivity index is 2.56. The van der Waals surface area contributed by atoms with E-state index in [0.717, 1.165) is 11.1 Å². The Kier molecular flexibility index (Phi) is 3.72. The summed E-state index contributed by atoms with van der Waals surface area (Å²) in [5.74, 6) is -0.819. The second-order valence-electron chi connectivity index (χ2n) is 4.79. The van der Waals surface area contributed by atoms with Crippen molar-refractivity contribution in [3.63, 3.8) is 0 Å². The molecule has 0 saturated carbocycles. The van der Waals surface area contributed by atoms with Crippen molar-refractivity contribution in [3.8, 4) is 0 Å². The van der Waals surface area contributed by atoms with Crippen LogP contribution in [0.15, 0.2) is 30.3 Å². The minimum atomic E-state index is -0.486. The Morgan fingerprint density at radius 3 is 2.21 bits per heavy atom. The zero-order valence-electron chi connectivity index (χ0n) is 11.1. The minimum absolute atomic E-state index is 0.118. The Bertz CT molecular complexity index is 619. The lowest BCUT2D eigenvalue weighted by Crippen LogP contribution is -2.07. The molecule has 0 N–H and O–H groups in total. The summed E-state index contributed by atoms with van der Waals surface area (Å²) in [7, 11) is 0. The number of carbonyl (C=O) groups excluding carboxylic acids is 1. The first-order chi connectivity index (χ1) is 8.88. The van der Waals surface area contributed by atoms with Gasteiger partial charge in [0.25, 0.3) is 0 Å². The molecule has 0 bridgehead atoms. The second kappa shape index (κ2) is 5.14. The average molecular weight is 277 g/mol. The fourth-order valence-corrected chi connectivity index (χ4v) is 2.50. The molecule has 0 heterocycles. The predicted molar refractivity (Wildman–Crippen MR) is 75.5 cm³/mol. The van der Waals surface area contributed by atoms with E-state index in [9.17, 15) is 9.18 Å². The molecule has 0 saturated heterocycles. The molecule has 19 heavy (non-hydrogen) atoms. The molecule has 98 valence electrons. The highest BCUT2D eigenvalue weighted by Gasteiger charge is 2.17. The number of benzene rings is 2. The molecule has 0 aliphatic rings. The third kappa shape index (κ3) is 2.85. The van der Waals surface area contributed by atoms with Crippen LogP contribution in [0.5, 0.6) is 0 Å². The average Bonchev–Trinajstić information content (AvgIpc) is 2.25. The summed E-state index contributed by atoms with van der Waals surface area (Å²) >= 11 is 5.94. The highest BCUT2D eigenvalue weighted by molar-refractivity contribution is 6.31. The Morgan fingerprint density at radius 2 is 1.63 bits per heavy atom. The lowest BCUT2D eigenvalue weighted by Gasteiger charge is -2.09. The van der Waals surface area contributed by atoms with Gasteiger partial charge in [-0.3, -0.25) is 4.79 Å². The van der Waals surface area contributed by atoms with Crippen molar-refractivity contribution < 1.29 is 9.18 Å². The maximum absolute atomic E-state index is 14.0. The van der Waals surface area contributed by atoms with Crippen LogP contribution in [0.1, 0.15) is 32.6 Å². The second-order valence-corrected chi connectivity index (χ2v) is 5.22. The van der Waals surface area contributed by atoms with Crippen molar-refractivity contribution in [1.82, 2.24) is 0 Å². The van der Waals surface area contributed by atoms with E-state index in [1.807, 2.05) is 6.92 Å². The maximum atomic E-state index is 14.0. The minimum Gasteiger partial charge on any atom is -0.288 e. The fraction of sp³-hybridized carbons (Fsp3) is 0.188. The van der Waals surface area contributed by atoms with E-state index in [1.54, 1.807) is 38.1 Å². The molecule has 2 aromatic carbocycles. The van der Waals surface area contributed by atoms with Crippen LogP contribution >= 0.6 is 11.6 Å². The van der Waals surface area contributed by atoms with Crippen LogP contribution in [0.2, 0.25) is 5.02 Å². The highest BCUT2D eigenvalue weighted by atomic mass is 35.5. The van der Waals surface area contributed by atoms with Crippen LogP contribution in [0.3, 0.4) is 0 Å². The van der Waals surface area contributed by atoms with Gasteiger partial charge in [0.15, 0.2) is 5.78 Å². The van der Waals surface area contributed by atoms with Gasteiger partial charge >= 0.3 is 0 Å². The number of hydrogen-bond donors (Lipinski definition) is 0. The molecule has 0 radical (unpaired) electrons. The summed E-state index contributed by atoms with van der Waals surface area (Å²) in [4.78, 5) is 12.4. The number of rotatable bonds is 2. The molecule has 1 nitrogen and oxygen atoms in total. The zero-order chi connectivity index (χ0) is 14.2. The topological polar surface area (TPSA) is 17.1 Å². The smallest absolute Gasteiger partial charge is 0.196 e. The van der Waals surface area contributed by atoms with E-state index in [1.165, 1.54) is 6.07 Å². The normalized spacial score (nSPS) is 10.6. The lowest BCUT2D eigenvalue weighted by molar-refractivity contribution is 0.103. The molecule has 0 aromatic heterocycles. The lowest BCUT2D eigenvalue weighted by atomic mass is 9.96. The van der Waals surface area contributed by atoms with Crippen molar-refractivity contribution >= 4 is 17.4 Å². The van der Waals surface area contributed by atoms with Gasteiger partial charge < -0.3 is 0 Å². The van der Waals surface area contributed by atoms with Crippen molar-refractivity contribution in [1.29, 1.82) is 0 Å². The van der Waals surface area contributed by atoms with Crippen LogP contribution in [-0.2, 0) is 0 Å². The van der Waals surface area contributed by atoms with Gasteiger partial charge in [0.2, 0.25) is 0 Å². The zero-order valence-corrected chi connectivity index (χ0v) is 11.8. The van der Waals surface area contributed by atoms with E-state index in [-0.39, 0.29) is 11.3 Å². The largest absolute Gasteiger partial charge is 0.288 e. The molecule has 3 heteroatoms. The molecular formula is C16H14ClFO. The van der Waals surface area contributed by atoms with Gasteiger partial charge in [-0.05, 0) is 61.7 Å². The van der Waals surface area contributed by atoms with Crippen LogP contribution < -0.4 is 0 Å². The van der Waals surface area contributed by atoms with Gasteiger partial charge in [-0.25, -0.2) is 4.39 Å². The number of halogens is 2. The van der Waals surface area contributed by atoms with Crippen LogP contribution in [0, 0.1) is 26.6 Å². The molecule has 0 aliphatic carbocycles. The van der Waals surface area contributed by atoms with Crippen molar-refractivity contribution in [2.45, 2.75) is 20.8 Å². The summed E-state index contributed by atoms with van der Waals surface area (Å²) in [6, 6.07) is 8.21. The SMILES string of the molecule is Cc1cc(Cl)cc(C(=O)c2c(C)cc(C)cc2F)c1. The Labute approximate surface area is 117 Å². The van der Waals surface area contributed by atoms with Gasteiger partial charge in [-0.1, -0.05) is 17.7 Å². The van der Waals surface area contributed by atoms with Crippen LogP contribution in [0.4, 0.5) is 4.39 Å². The molecule has 2 aromatic rings. The Hall–Kier alpha value is -1.67. The predicted octanol–water partition coefficient (Wildman–Crippen LogP) is 4.64. The molecule has 0 aliphatic heterocycles. The quantitative estimate of drug-likeness (QED) is 0.731. The van der Waals surface area contributed by atoms with E-state index < -0.39 is 5.82 Å². The summed E-state index contributed by atoms with van der Waals surface area (Å²) < 4.78 is 14.0. The number of hydrogen-bond acceptors (Lipinski definition) is 1. The van der Waals surface area contributed by atoms with Gasteiger partial charge in [0, 0.05) is 10.6 Å². The van der Waals surface area contributed by atoms with E-state index in [4.69, 9.17) is 11.6 Å². The van der Waals surface area contributed by atoms with Gasteiger partial charge in [0.05, 0.1) is 5.56 Å². The summed E-state index contributed by atoms with van der Waals surface area (Å²) in [6.07, 6.45) is 0. The highest BCUT2D eigenvalue weighted by Crippen LogP contribution is 2.22. The molecule has 0 amide bonds. The molecule has 0 fully saturated rings. The number of carbonyl (C=O) groups is 1. The number of ketones is 1. The summed E-state index contributed by atoms with van der Waals surface area (Å²) in [5.41, 5.74) is 2.85. The van der Waals surface area contributed by atoms with E-state index in [2.05, 4.69) is 0 Å². The standard InChI is InChI=1S/C16H14ClFO/c1-9-4-11(3)15(14(18)7-9)16(19)12-5-10(2)6-13(17)8-12/h4-8H,1-3H3. The fourth-order valence-electron chi connectivity index (χ4n) is 2.22. The van der Waals surface area contributed by atoms with E-state index >= 15 is 0 Å². The first-order valence-electron chi connectivity index (χ1n) is 5.97. The van der Waals surface area contributed by atoms with Gasteiger partial charge in [-0.2, -0.15) is 0 Å². The summed E-state index contributed by atoms with van der Waals surface area (Å²) in [6.45, 7) is 5.38. The van der Waals surface area contributed by atoms with Crippen molar-refractivity contribution in [2.75, 3.05) is 0 Å². The third-order valence-corrected chi connectivity index (χ3v) is 3.18. The monoisotopic (exact) mass is 276 g/mol. The van der Waals surface area contributed by atoms with Crippen molar-refractivity contribution in [3.05, 3.63) is 69.0 Å². The molecule has 0 atom stereocenters. The van der Waals surface area contributed by atoms with Crippen LogP contribution in [0.25, 0.3) is 0 Å². The van der Waals surface area contributed by atoms with E-state index in [0.29, 0.717) is 16.1 Å².